The Labute approximate surface area is 96.8 Å². The number of methoxy groups -OCH3 is 1. The molecule has 1 aromatic carbocycles. The first-order valence-corrected chi connectivity index (χ1v) is 4.84. The zero-order chi connectivity index (χ0) is 12.3. The second-order valence-corrected chi connectivity index (χ2v) is 3.39. The maximum absolute atomic E-state index is 10.7. The highest BCUT2D eigenvalue weighted by molar-refractivity contribution is 5.42. The molecular formula is C10H10N4O3. The van der Waals surface area contributed by atoms with Crippen LogP contribution in [0.25, 0.3) is 0 Å². The fourth-order valence-electron chi connectivity index (χ4n) is 1.46. The number of nitrogens with zero attached hydrogens (tertiary/aromatic N) is 4. The second-order valence-electron chi connectivity index (χ2n) is 3.39. The lowest BCUT2D eigenvalue weighted by molar-refractivity contribution is -0.385. The van der Waals surface area contributed by atoms with Crippen LogP contribution in [0.1, 0.15) is 5.56 Å². The predicted molar refractivity (Wildman–Crippen MR) is 58.8 cm³/mol. The molecule has 0 saturated heterocycles. The first-order chi connectivity index (χ1) is 8.19. The van der Waals surface area contributed by atoms with Crippen LogP contribution >= 0.6 is 0 Å². The number of nitro benzene ring substituents is 1. The summed E-state index contributed by atoms with van der Waals surface area (Å²) in [4.78, 5) is 14.1. The van der Waals surface area contributed by atoms with Crippen molar-refractivity contribution in [2.75, 3.05) is 7.11 Å². The van der Waals surface area contributed by atoms with Crippen LogP contribution in [0.15, 0.2) is 30.9 Å². The lowest BCUT2D eigenvalue weighted by Crippen LogP contribution is -2.01. The van der Waals surface area contributed by atoms with Gasteiger partial charge in [0.1, 0.15) is 18.4 Å². The Morgan fingerprint density at radius 3 is 2.88 bits per heavy atom. The van der Waals surface area contributed by atoms with Crippen molar-refractivity contribution in [1.82, 2.24) is 14.8 Å². The molecule has 0 spiro atoms. The average molecular weight is 234 g/mol. The Morgan fingerprint density at radius 2 is 2.29 bits per heavy atom. The van der Waals surface area contributed by atoms with E-state index < -0.39 is 4.92 Å². The van der Waals surface area contributed by atoms with E-state index in [0.717, 1.165) is 5.56 Å². The summed E-state index contributed by atoms with van der Waals surface area (Å²) in [6, 6.07) is 4.60. The lowest BCUT2D eigenvalue weighted by Gasteiger charge is -2.05. The van der Waals surface area contributed by atoms with Gasteiger partial charge in [0, 0.05) is 6.07 Å². The first kappa shape index (κ1) is 11.1. The van der Waals surface area contributed by atoms with Crippen molar-refractivity contribution >= 4 is 5.69 Å². The molecule has 0 aliphatic carbocycles. The SMILES string of the molecule is COc1cc(Cn2cncn2)cc([N+](=O)[O-])c1. The summed E-state index contributed by atoms with van der Waals surface area (Å²) >= 11 is 0. The third-order valence-corrected chi connectivity index (χ3v) is 2.21. The lowest BCUT2D eigenvalue weighted by atomic mass is 10.2. The van der Waals surface area contributed by atoms with Gasteiger partial charge in [-0.1, -0.05) is 0 Å². The Hall–Kier alpha value is -2.44. The van der Waals surface area contributed by atoms with Crippen molar-refractivity contribution in [2.24, 2.45) is 0 Å². The van der Waals surface area contributed by atoms with Gasteiger partial charge in [0.05, 0.1) is 24.6 Å². The van der Waals surface area contributed by atoms with Crippen LogP contribution in [0.5, 0.6) is 5.75 Å². The van der Waals surface area contributed by atoms with Crippen LogP contribution in [0.3, 0.4) is 0 Å². The van der Waals surface area contributed by atoms with Gasteiger partial charge in [-0.05, 0) is 11.6 Å². The van der Waals surface area contributed by atoms with Gasteiger partial charge < -0.3 is 4.74 Å². The van der Waals surface area contributed by atoms with Crippen molar-refractivity contribution in [2.45, 2.75) is 6.54 Å². The fraction of sp³-hybridized carbons (Fsp3) is 0.200. The maximum Gasteiger partial charge on any atom is 0.273 e. The van der Waals surface area contributed by atoms with E-state index in [-0.39, 0.29) is 5.69 Å². The van der Waals surface area contributed by atoms with E-state index in [1.54, 1.807) is 17.1 Å². The molecule has 0 aliphatic heterocycles. The summed E-state index contributed by atoms with van der Waals surface area (Å²) in [6.07, 6.45) is 2.96. The molecule has 0 N–H and O–H groups in total. The topological polar surface area (TPSA) is 83.1 Å². The Bertz CT molecular complexity index is 524. The minimum absolute atomic E-state index is 0.000495. The standard InChI is InChI=1S/C10H10N4O3/c1-17-10-3-8(2-9(4-10)14(15)16)5-13-7-11-6-12-13/h2-4,6-7H,5H2,1H3. The summed E-state index contributed by atoms with van der Waals surface area (Å²) in [5.74, 6) is 0.453. The number of hydrogen-bond donors (Lipinski definition) is 0. The van der Waals surface area contributed by atoms with E-state index in [9.17, 15) is 10.1 Å². The Kier molecular flexibility index (Phi) is 2.99. The zero-order valence-corrected chi connectivity index (χ0v) is 9.11. The van der Waals surface area contributed by atoms with Crippen LogP contribution in [0, 0.1) is 10.1 Å². The monoisotopic (exact) mass is 234 g/mol. The summed E-state index contributed by atoms with van der Waals surface area (Å²) in [5, 5.41) is 14.7. The molecule has 7 heteroatoms. The number of hydrogen-bond acceptors (Lipinski definition) is 5. The number of benzene rings is 1. The molecule has 17 heavy (non-hydrogen) atoms. The average Bonchev–Trinajstić information content (AvgIpc) is 2.81. The molecule has 1 aromatic heterocycles. The van der Waals surface area contributed by atoms with Gasteiger partial charge >= 0.3 is 0 Å². The Balaban J connectivity index is 2.33. The van der Waals surface area contributed by atoms with Crippen LogP contribution in [-0.2, 0) is 6.54 Å². The highest BCUT2D eigenvalue weighted by Crippen LogP contribution is 2.22. The van der Waals surface area contributed by atoms with Crippen molar-refractivity contribution in [3.63, 3.8) is 0 Å². The van der Waals surface area contributed by atoms with E-state index >= 15 is 0 Å². The van der Waals surface area contributed by atoms with Crippen molar-refractivity contribution in [3.8, 4) is 5.75 Å². The van der Waals surface area contributed by atoms with Crippen LogP contribution in [0.2, 0.25) is 0 Å². The molecule has 0 bridgehead atoms. The third-order valence-electron chi connectivity index (χ3n) is 2.21. The summed E-state index contributed by atoms with van der Waals surface area (Å²) < 4.78 is 6.60. The highest BCUT2D eigenvalue weighted by atomic mass is 16.6. The normalized spacial score (nSPS) is 10.2. The minimum atomic E-state index is -0.451. The zero-order valence-electron chi connectivity index (χ0n) is 9.11. The van der Waals surface area contributed by atoms with E-state index in [1.807, 2.05) is 0 Å². The molecule has 0 unspecified atom stereocenters. The largest absolute Gasteiger partial charge is 0.496 e. The van der Waals surface area contributed by atoms with Gasteiger partial charge in [-0.3, -0.25) is 10.1 Å². The number of nitro groups is 1. The number of ether oxygens (including phenoxy) is 1. The van der Waals surface area contributed by atoms with E-state index in [0.29, 0.717) is 12.3 Å². The van der Waals surface area contributed by atoms with Crippen molar-refractivity contribution in [3.05, 3.63) is 46.5 Å². The molecule has 2 aromatic rings. The first-order valence-electron chi connectivity index (χ1n) is 4.84. The number of non-ortho nitro benzene ring substituents is 1. The quantitative estimate of drug-likeness (QED) is 0.587. The molecule has 2 rings (SSSR count). The fourth-order valence-corrected chi connectivity index (χ4v) is 1.46. The van der Waals surface area contributed by atoms with E-state index in [2.05, 4.69) is 10.1 Å². The Morgan fingerprint density at radius 1 is 1.47 bits per heavy atom. The van der Waals surface area contributed by atoms with Gasteiger partial charge in [0.15, 0.2) is 0 Å². The third kappa shape index (κ3) is 2.57. The van der Waals surface area contributed by atoms with Crippen molar-refractivity contribution in [1.29, 1.82) is 0 Å². The van der Waals surface area contributed by atoms with Crippen LogP contribution in [0.4, 0.5) is 5.69 Å². The van der Waals surface area contributed by atoms with Crippen molar-refractivity contribution < 1.29 is 9.66 Å². The minimum Gasteiger partial charge on any atom is -0.496 e. The van der Waals surface area contributed by atoms with Gasteiger partial charge in [-0.25, -0.2) is 9.67 Å². The molecule has 88 valence electrons. The molecule has 0 aliphatic rings. The summed E-state index contributed by atoms with van der Waals surface area (Å²) in [6.45, 7) is 0.415. The highest BCUT2D eigenvalue weighted by Gasteiger charge is 2.10. The van der Waals surface area contributed by atoms with Crippen LogP contribution in [-0.4, -0.2) is 26.8 Å². The molecule has 7 nitrogen and oxygen atoms in total. The van der Waals surface area contributed by atoms with Gasteiger partial charge in [-0.15, -0.1) is 0 Å². The smallest absolute Gasteiger partial charge is 0.273 e. The maximum atomic E-state index is 10.7. The van der Waals surface area contributed by atoms with Gasteiger partial charge in [0.2, 0.25) is 0 Å². The van der Waals surface area contributed by atoms with Gasteiger partial charge in [-0.2, -0.15) is 5.10 Å². The van der Waals surface area contributed by atoms with Gasteiger partial charge in [0.25, 0.3) is 5.69 Å². The molecule has 0 atom stereocenters. The molecule has 0 amide bonds. The van der Waals surface area contributed by atoms with E-state index in [4.69, 9.17) is 4.74 Å². The number of aromatic nitrogens is 3. The molecule has 0 radical (unpaired) electrons. The summed E-state index contributed by atoms with van der Waals surface area (Å²) in [5.41, 5.74) is 0.737. The second kappa shape index (κ2) is 4.60. The molecule has 1 heterocycles. The van der Waals surface area contributed by atoms with Crippen LogP contribution < -0.4 is 4.74 Å². The number of rotatable bonds is 4. The predicted octanol–water partition coefficient (Wildman–Crippen LogP) is 1.24. The molecule has 0 saturated carbocycles. The van der Waals surface area contributed by atoms with E-state index in [1.165, 1.54) is 25.6 Å². The molecular weight excluding hydrogens is 224 g/mol. The summed E-state index contributed by atoms with van der Waals surface area (Å²) in [7, 11) is 1.47. The molecule has 0 fully saturated rings.